The third-order valence-corrected chi connectivity index (χ3v) is 4.24. The zero-order chi connectivity index (χ0) is 18.0. The molecule has 2 aromatic carbocycles. The number of rotatable bonds is 4. The van der Waals surface area contributed by atoms with Gasteiger partial charge in [0, 0.05) is 23.2 Å². The smallest absolute Gasteiger partial charge is 0.273 e. The van der Waals surface area contributed by atoms with Gasteiger partial charge in [0.2, 0.25) is 0 Å². The second-order valence-corrected chi connectivity index (χ2v) is 6.10. The van der Waals surface area contributed by atoms with Crippen LogP contribution < -0.4 is 0 Å². The lowest BCUT2D eigenvalue weighted by Gasteiger charge is -2.26. The predicted octanol–water partition coefficient (Wildman–Crippen LogP) is 4.44. The van der Waals surface area contributed by atoms with Crippen LogP contribution in [0.2, 0.25) is 10.0 Å². The second kappa shape index (κ2) is 7.07. The first-order chi connectivity index (χ1) is 11.2. The Morgan fingerprint density at radius 2 is 1.92 bits per heavy atom. The fourth-order valence-corrected chi connectivity index (χ4v) is 2.82. The quantitative estimate of drug-likeness (QED) is 0.638. The minimum absolute atomic E-state index is 0.0149. The van der Waals surface area contributed by atoms with Crippen LogP contribution in [0, 0.1) is 10.1 Å². The number of hydrogen-bond donors (Lipinski definition) is 1. The summed E-state index contributed by atoms with van der Waals surface area (Å²) in [5, 5.41) is 21.4. The number of hydrogen-bond acceptors (Lipinski definition) is 4. The van der Waals surface area contributed by atoms with E-state index in [0.29, 0.717) is 15.6 Å². The average Bonchev–Trinajstić information content (AvgIpc) is 2.52. The number of halogens is 2. The molecule has 126 valence electrons. The molecule has 1 N–H and O–H groups in total. The molecule has 24 heavy (non-hydrogen) atoms. The van der Waals surface area contributed by atoms with Gasteiger partial charge in [-0.25, -0.2) is 0 Å². The van der Waals surface area contributed by atoms with Gasteiger partial charge in [0.05, 0.1) is 22.6 Å². The minimum Gasteiger partial charge on any atom is -0.508 e. The third kappa shape index (κ3) is 3.77. The summed E-state index contributed by atoms with van der Waals surface area (Å²) in [6, 6.07) is 7.84. The summed E-state index contributed by atoms with van der Waals surface area (Å²) in [5.41, 5.74) is 0.344. The van der Waals surface area contributed by atoms with Gasteiger partial charge in [-0.15, -0.1) is 0 Å². The maximum atomic E-state index is 12.6. The van der Waals surface area contributed by atoms with E-state index in [-0.39, 0.29) is 17.0 Å². The zero-order valence-electron chi connectivity index (χ0n) is 12.9. The number of phenols is 1. The molecule has 2 rings (SSSR count). The van der Waals surface area contributed by atoms with Crippen molar-refractivity contribution in [3.63, 3.8) is 0 Å². The van der Waals surface area contributed by atoms with Gasteiger partial charge in [-0.05, 0) is 30.7 Å². The largest absolute Gasteiger partial charge is 0.508 e. The summed E-state index contributed by atoms with van der Waals surface area (Å²) in [5.74, 6) is -0.828. The topological polar surface area (TPSA) is 83.7 Å². The molecule has 2 aromatic rings. The molecule has 0 spiro atoms. The first kappa shape index (κ1) is 18.0. The number of benzene rings is 2. The van der Waals surface area contributed by atoms with Crippen LogP contribution >= 0.6 is 23.2 Å². The van der Waals surface area contributed by atoms with Crippen LogP contribution in [0.15, 0.2) is 36.4 Å². The van der Waals surface area contributed by atoms with Crippen LogP contribution in [0.5, 0.6) is 5.75 Å². The summed E-state index contributed by atoms with van der Waals surface area (Å²) >= 11 is 12.0. The van der Waals surface area contributed by atoms with E-state index in [1.165, 1.54) is 11.0 Å². The van der Waals surface area contributed by atoms with Gasteiger partial charge < -0.3 is 10.0 Å². The number of non-ortho nitro benzene ring substituents is 1. The summed E-state index contributed by atoms with van der Waals surface area (Å²) in [6.07, 6.45) is 0. The molecule has 0 aliphatic rings. The van der Waals surface area contributed by atoms with Crippen LogP contribution in [0.1, 0.15) is 28.9 Å². The zero-order valence-corrected chi connectivity index (χ0v) is 14.4. The van der Waals surface area contributed by atoms with E-state index in [2.05, 4.69) is 0 Å². The van der Waals surface area contributed by atoms with Gasteiger partial charge in [0.1, 0.15) is 5.75 Å². The Morgan fingerprint density at radius 3 is 2.50 bits per heavy atom. The van der Waals surface area contributed by atoms with Crippen LogP contribution in [0.4, 0.5) is 5.69 Å². The normalized spacial score (nSPS) is 11.8. The third-order valence-electron chi connectivity index (χ3n) is 3.67. The number of carbonyl (C=O) groups excluding carboxylic acids is 1. The Kier molecular flexibility index (Phi) is 5.31. The number of carbonyl (C=O) groups is 1. The van der Waals surface area contributed by atoms with Gasteiger partial charge in [0.25, 0.3) is 11.6 Å². The number of nitro groups is 1. The molecule has 1 atom stereocenters. The molecule has 0 saturated carbocycles. The highest BCUT2D eigenvalue weighted by Crippen LogP contribution is 2.30. The van der Waals surface area contributed by atoms with Crippen molar-refractivity contribution in [1.29, 1.82) is 0 Å². The van der Waals surface area contributed by atoms with Crippen LogP contribution in [0.3, 0.4) is 0 Å². The SMILES string of the molecule is C[C@@H](c1ccc(Cl)cc1Cl)N(C)C(=O)c1cc(O)cc([N+](=O)[O-])c1. The summed E-state index contributed by atoms with van der Waals surface area (Å²) in [4.78, 5) is 24.2. The lowest BCUT2D eigenvalue weighted by Crippen LogP contribution is -2.29. The molecule has 0 unspecified atom stereocenters. The summed E-state index contributed by atoms with van der Waals surface area (Å²) < 4.78 is 0. The standard InChI is InChI=1S/C16H14Cl2N2O4/c1-9(14-4-3-11(17)7-15(14)18)19(2)16(22)10-5-12(20(23)24)8-13(21)6-10/h3-9,21H,1-2H3/t9-/m0/s1. The van der Waals surface area contributed by atoms with Crippen molar-refractivity contribution in [3.05, 3.63) is 67.7 Å². The second-order valence-electron chi connectivity index (χ2n) is 5.25. The Labute approximate surface area is 148 Å². The molecule has 0 aliphatic heterocycles. The van der Waals surface area contributed by atoms with E-state index in [0.717, 1.165) is 12.1 Å². The minimum atomic E-state index is -0.671. The Balaban J connectivity index is 2.33. The maximum absolute atomic E-state index is 12.6. The number of nitro benzene ring substituents is 1. The lowest BCUT2D eigenvalue weighted by molar-refractivity contribution is -0.385. The molecule has 0 aromatic heterocycles. The molecule has 0 heterocycles. The molecule has 0 fully saturated rings. The van der Waals surface area contributed by atoms with Crippen LogP contribution in [0.25, 0.3) is 0 Å². The van der Waals surface area contributed by atoms with Crippen LogP contribution in [-0.2, 0) is 0 Å². The van der Waals surface area contributed by atoms with Crippen LogP contribution in [-0.4, -0.2) is 27.9 Å². The van der Waals surface area contributed by atoms with Crippen molar-refractivity contribution < 1.29 is 14.8 Å². The number of phenolic OH excluding ortho intramolecular Hbond substituents is 1. The van der Waals surface area contributed by atoms with Gasteiger partial charge >= 0.3 is 0 Å². The van der Waals surface area contributed by atoms with Gasteiger partial charge in [-0.1, -0.05) is 29.3 Å². The van der Waals surface area contributed by atoms with Crippen molar-refractivity contribution in [1.82, 2.24) is 4.90 Å². The summed E-state index contributed by atoms with van der Waals surface area (Å²) in [6.45, 7) is 1.77. The molecule has 8 heteroatoms. The van der Waals surface area contributed by atoms with E-state index in [9.17, 15) is 20.0 Å². The Hall–Kier alpha value is -2.31. The predicted molar refractivity (Wildman–Crippen MR) is 91.7 cm³/mol. The lowest BCUT2D eigenvalue weighted by atomic mass is 10.1. The molecule has 0 saturated heterocycles. The monoisotopic (exact) mass is 368 g/mol. The van der Waals surface area contributed by atoms with Crippen molar-refractivity contribution in [2.24, 2.45) is 0 Å². The van der Waals surface area contributed by atoms with Gasteiger partial charge in [-0.3, -0.25) is 14.9 Å². The van der Waals surface area contributed by atoms with Gasteiger partial charge in [-0.2, -0.15) is 0 Å². The first-order valence-electron chi connectivity index (χ1n) is 6.91. The molecule has 0 bridgehead atoms. The van der Waals surface area contributed by atoms with Crippen molar-refractivity contribution in [3.8, 4) is 5.75 Å². The fraction of sp³-hybridized carbons (Fsp3) is 0.188. The van der Waals surface area contributed by atoms with Crippen molar-refractivity contribution in [2.45, 2.75) is 13.0 Å². The van der Waals surface area contributed by atoms with Crippen molar-refractivity contribution >= 4 is 34.8 Å². The maximum Gasteiger partial charge on any atom is 0.273 e. The molecule has 0 aliphatic carbocycles. The van der Waals surface area contributed by atoms with E-state index in [1.807, 2.05) is 0 Å². The highest BCUT2D eigenvalue weighted by molar-refractivity contribution is 6.35. The fourth-order valence-electron chi connectivity index (χ4n) is 2.25. The summed E-state index contributed by atoms with van der Waals surface area (Å²) in [7, 11) is 1.55. The van der Waals surface area contributed by atoms with E-state index < -0.39 is 16.9 Å². The van der Waals surface area contributed by atoms with E-state index in [4.69, 9.17) is 23.2 Å². The van der Waals surface area contributed by atoms with E-state index >= 15 is 0 Å². The van der Waals surface area contributed by atoms with E-state index in [1.54, 1.807) is 32.2 Å². The highest BCUT2D eigenvalue weighted by atomic mass is 35.5. The van der Waals surface area contributed by atoms with Crippen molar-refractivity contribution in [2.75, 3.05) is 7.05 Å². The molecule has 0 radical (unpaired) electrons. The Bertz CT molecular complexity index is 811. The Morgan fingerprint density at radius 1 is 1.25 bits per heavy atom. The molecule has 6 nitrogen and oxygen atoms in total. The highest BCUT2D eigenvalue weighted by Gasteiger charge is 2.23. The molecular weight excluding hydrogens is 355 g/mol. The van der Waals surface area contributed by atoms with Gasteiger partial charge in [0.15, 0.2) is 0 Å². The average molecular weight is 369 g/mol. The first-order valence-corrected chi connectivity index (χ1v) is 7.67. The number of amides is 1. The number of aromatic hydroxyl groups is 1. The number of nitrogens with zero attached hydrogens (tertiary/aromatic N) is 2. The molecule has 1 amide bonds. The molecular formula is C16H14Cl2N2O4.